The van der Waals surface area contributed by atoms with Crippen LogP contribution in [0.25, 0.3) is 0 Å². The summed E-state index contributed by atoms with van der Waals surface area (Å²) in [5.74, 6) is 1.52. The van der Waals surface area contributed by atoms with Crippen LogP contribution in [0.15, 0.2) is 60.3 Å². The number of nitrogens with one attached hydrogen (secondary N) is 2. The first-order valence-corrected chi connectivity index (χ1v) is 11.0. The summed E-state index contributed by atoms with van der Waals surface area (Å²) in [5.41, 5.74) is 5.17. The lowest BCUT2D eigenvalue weighted by Gasteiger charge is -2.45. The Hall–Kier alpha value is -3.46. The van der Waals surface area contributed by atoms with Crippen LogP contribution < -0.4 is 30.6 Å². The number of carbonyl (C=O) groups excluding carboxylic acids is 1. The Kier molecular flexibility index (Phi) is 8.22. The third-order valence-electron chi connectivity index (χ3n) is 6.08. The van der Waals surface area contributed by atoms with Gasteiger partial charge in [-0.05, 0) is 50.0 Å². The van der Waals surface area contributed by atoms with Gasteiger partial charge in [0, 0.05) is 18.2 Å². The van der Waals surface area contributed by atoms with E-state index >= 15 is 0 Å². The predicted octanol–water partition coefficient (Wildman–Crippen LogP) is 3.19. The zero-order valence-corrected chi connectivity index (χ0v) is 20.0. The average molecular weight is 488 g/mol. The van der Waals surface area contributed by atoms with Gasteiger partial charge in [-0.25, -0.2) is 0 Å². The molecule has 1 aliphatic carbocycles. The number of methoxy groups -OCH3 is 2. The molecule has 1 aromatic heterocycles. The van der Waals surface area contributed by atoms with E-state index in [0.29, 0.717) is 29.0 Å². The molecular weight excluding hydrogens is 458 g/mol. The van der Waals surface area contributed by atoms with Gasteiger partial charge in [0.2, 0.25) is 23.4 Å². The fourth-order valence-electron chi connectivity index (χ4n) is 4.47. The van der Waals surface area contributed by atoms with Gasteiger partial charge >= 0.3 is 0 Å². The van der Waals surface area contributed by atoms with Gasteiger partial charge in [0.05, 0.1) is 25.9 Å². The quantitative estimate of drug-likeness (QED) is 0.519. The third-order valence-corrected chi connectivity index (χ3v) is 6.08. The average Bonchev–Trinajstić information content (AvgIpc) is 2.85. The highest BCUT2D eigenvalue weighted by Crippen LogP contribution is 2.40. The van der Waals surface area contributed by atoms with Crippen molar-refractivity contribution in [3.05, 3.63) is 60.3 Å². The Labute approximate surface area is 205 Å². The number of aromatic nitrogens is 2. The summed E-state index contributed by atoms with van der Waals surface area (Å²) in [5, 5.41) is 6.71. The van der Waals surface area contributed by atoms with Crippen molar-refractivity contribution in [3.63, 3.8) is 0 Å². The highest BCUT2D eigenvalue weighted by Gasteiger charge is 2.48. The van der Waals surface area contributed by atoms with Crippen LogP contribution >= 0.6 is 12.4 Å². The molecule has 4 N–H and O–H groups in total. The van der Waals surface area contributed by atoms with Gasteiger partial charge < -0.3 is 30.6 Å². The number of hydrogen-bond acceptors (Lipinski definition) is 8. The van der Waals surface area contributed by atoms with E-state index in [1.165, 1.54) is 0 Å². The zero-order chi connectivity index (χ0) is 23.3. The minimum Gasteiger partial charge on any atom is -0.481 e. The van der Waals surface area contributed by atoms with Crippen LogP contribution in [0.3, 0.4) is 0 Å². The Morgan fingerprint density at radius 1 is 1.09 bits per heavy atom. The van der Waals surface area contributed by atoms with Crippen molar-refractivity contribution >= 4 is 24.3 Å². The largest absolute Gasteiger partial charge is 0.481 e. The lowest BCUT2D eigenvalue weighted by molar-refractivity contribution is -0.118. The molecule has 1 aliphatic heterocycles. The Morgan fingerprint density at radius 3 is 2.32 bits per heavy atom. The van der Waals surface area contributed by atoms with Crippen molar-refractivity contribution in [1.82, 2.24) is 15.3 Å². The number of nitrogens with zero attached hydrogens (tertiary/aromatic N) is 2. The van der Waals surface area contributed by atoms with Gasteiger partial charge in [-0.2, -0.15) is 9.97 Å². The summed E-state index contributed by atoms with van der Waals surface area (Å²) in [6.07, 6.45) is 8.59. The van der Waals surface area contributed by atoms with Gasteiger partial charge in [0.15, 0.2) is 0 Å². The first-order valence-electron chi connectivity index (χ1n) is 11.0. The van der Waals surface area contributed by atoms with Crippen LogP contribution in [0, 0.1) is 5.92 Å². The molecule has 182 valence electrons. The maximum atomic E-state index is 12.4. The van der Waals surface area contributed by atoms with Gasteiger partial charge in [-0.15, -0.1) is 12.4 Å². The SMILES string of the molecule is COc1cc(OC)nc(NC2CCC(C3(Oc4ccccc4)NC=CC=C3C(N)=O)CC2)n1.Cl. The number of halogens is 1. The normalized spacial score (nSPS) is 23.5. The standard InChI is InChI=1S/C24H29N5O4.ClH/c1-31-20-15-21(32-2)29-23(28-20)27-17-12-10-16(11-13-17)24(33-18-7-4-3-5-8-18)19(22(25)30)9-6-14-26-24;/h3-9,14-17,26H,10-13H2,1-2H3,(H2,25,30)(H,27,28,29);1H. The molecule has 9 nitrogen and oxygen atoms in total. The van der Waals surface area contributed by atoms with Gasteiger partial charge in [-0.3, -0.25) is 4.79 Å². The van der Waals surface area contributed by atoms with E-state index in [9.17, 15) is 4.79 Å². The molecule has 1 amide bonds. The van der Waals surface area contributed by atoms with Crippen LogP contribution in [0.5, 0.6) is 17.5 Å². The molecule has 1 fully saturated rings. The lowest BCUT2D eigenvalue weighted by Crippen LogP contribution is -2.59. The number of para-hydroxylation sites is 1. The zero-order valence-electron chi connectivity index (χ0n) is 19.2. The Bertz CT molecular complexity index is 1020. The number of primary amides is 1. The number of benzene rings is 1. The molecule has 0 saturated heterocycles. The Morgan fingerprint density at radius 2 is 1.74 bits per heavy atom. The number of amides is 1. The number of dihydropyridines is 1. The second-order valence-electron chi connectivity index (χ2n) is 8.07. The number of hydrogen-bond donors (Lipinski definition) is 3. The van der Waals surface area contributed by atoms with E-state index in [4.69, 9.17) is 19.9 Å². The van der Waals surface area contributed by atoms with Gasteiger partial charge in [-0.1, -0.05) is 18.2 Å². The summed E-state index contributed by atoms with van der Waals surface area (Å²) in [7, 11) is 3.11. The van der Waals surface area contributed by atoms with E-state index in [0.717, 1.165) is 25.7 Å². The molecule has 2 heterocycles. The minimum absolute atomic E-state index is 0. The van der Waals surface area contributed by atoms with Crippen molar-refractivity contribution < 1.29 is 19.0 Å². The fourth-order valence-corrected chi connectivity index (χ4v) is 4.47. The summed E-state index contributed by atoms with van der Waals surface area (Å²) in [4.78, 5) is 21.1. The molecule has 0 radical (unpaired) electrons. The van der Waals surface area contributed by atoms with Crippen molar-refractivity contribution in [3.8, 4) is 17.5 Å². The monoisotopic (exact) mass is 487 g/mol. The molecule has 1 atom stereocenters. The van der Waals surface area contributed by atoms with Crippen molar-refractivity contribution in [2.75, 3.05) is 19.5 Å². The van der Waals surface area contributed by atoms with Crippen molar-refractivity contribution in [2.45, 2.75) is 37.5 Å². The van der Waals surface area contributed by atoms with E-state index in [2.05, 4.69) is 20.6 Å². The maximum Gasteiger partial charge on any atom is 0.250 e. The van der Waals surface area contributed by atoms with Gasteiger partial charge in [0.25, 0.3) is 5.91 Å². The molecule has 2 aliphatic rings. The molecule has 1 unspecified atom stereocenters. The number of carbonyl (C=O) groups is 1. The van der Waals surface area contributed by atoms with E-state index in [-0.39, 0.29) is 24.4 Å². The highest BCUT2D eigenvalue weighted by atomic mass is 35.5. The molecule has 10 heteroatoms. The number of rotatable bonds is 8. The first kappa shape index (κ1) is 25.2. The number of nitrogens with two attached hydrogens (primary N) is 1. The molecule has 1 aromatic carbocycles. The second-order valence-corrected chi connectivity index (χ2v) is 8.07. The summed E-state index contributed by atoms with van der Waals surface area (Å²) in [6.45, 7) is 0. The van der Waals surface area contributed by atoms with E-state index < -0.39 is 11.6 Å². The second kappa shape index (κ2) is 11.1. The van der Waals surface area contributed by atoms with Gasteiger partial charge in [0.1, 0.15) is 5.75 Å². The van der Waals surface area contributed by atoms with Crippen molar-refractivity contribution in [1.29, 1.82) is 0 Å². The van der Waals surface area contributed by atoms with Crippen LogP contribution in [-0.4, -0.2) is 41.9 Å². The first-order chi connectivity index (χ1) is 16.0. The fraction of sp³-hybridized carbons (Fsp3) is 0.375. The topological polar surface area (TPSA) is 121 Å². The molecule has 2 aromatic rings. The Balaban J connectivity index is 0.00000324. The molecular formula is C24H30ClN5O4. The number of ether oxygens (including phenoxy) is 3. The smallest absolute Gasteiger partial charge is 0.250 e. The summed E-state index contributed by atoms with van der Waals surface area (Å²) in [6, 6.07) is 11.3. The molecule has 4 rings (SSSR count). The van der Waals surface area contributed by atoms with Crippen LogP contribution in [0.4, 0.5) is 5.95 Å². The number of anilines is 1. The third kappa shape index (κ3) is 5.36. The molecule has 1 saturated carbocycles. The van der Waals surface area contributed by atoms with Crippen LogP contribution in [0.1, 0.15) is 25.7 Å². The predicted molar refractivity (Wildman–Crippen MR) is 131 cm³/mol. The van der Waals surface area contributed by atoms with E-state index in [1.807, 2.05) is 30.3 Å². The molecule has 0 spiro atoms. The molecule has 34 heavy (non-hydrogen) atoms. The van der Waals surface area contributed by atoms with Crippen molar-refractivity contribution in [2.24, 2.45) is 11.7 Å². The lowest BCUT2D eigenvalue weighted by atomic mass is 9.75. The summed E-state index contributed by atoms with van der Waals surface area (Å²) < 4.78 is 16.9. The maximum absolute atomic E-state index is 12.4. The van der Waals surface area contributed by atoms with Crippen LogP contribution in [0.2, 0.25) is 0 Å². The highest BCUT2D eigenvalue weighted by molar-refractivity contribution is 5.94. The number of allylic oxidation sites excluding steroid dienone is 2. The van der Waals surface area contributed by atoms with Crippen LogP contribution in [-0.2, 0) is 4.79 Å². The van der Waals surface area contributed by atoms with E-state index in [1.54, 1.807) is 38.6 Å². The summed E-state index contributed by atoms with van der Waals surface area (Å²) >= 11 is 0. The minimum atomic E-state index is -1.03. The molecule has 0 bridgehead atoms.